The molecule has 1 heterocycles. The molecular weight excluding hydrogens is 863 g/mol. The summed E-state index contributed by atoms with van der Waals surface area (Å²) in [6.45, 7) is 4.41. The predicted octanol–water partition coefficient (Wildman–Crippen LogP) is 10.4. The van der Waals surface area contributed by atoms with Gasteiger partial charge >= 0.3 is 0 Å². The van der Waals surface area contributed by atoms with E-state index in [0.717, 1.165) is 59.4 Å². The summed E-state index contributed by atoms with van der Waals surface area (Å²) in [7, 11) is 1.51. The normalized spacial score (nSPS) is 22.1. The Morgan fingerprint density at radius 3 is 2.43 bits per heavy atom. The molecule has 352 valence electrons. The number of carbonyl (C=O) groups is 2. The zero-order valence-corrected chi connectivity index (χ0v) is 38.2. The number of aliphatic hydroxyl groups is 2. The molecule has 1 amide bonds. The van der Waals surface area contributed by atoms with E-state index in [1.54, 1.807) is 53.5 Å². The lowest BCUT2D eigenvalue weighted by Crippen LogP contribution is -2.70. The number of amides is 1. The van der Waals surface area contributed by atoms with Crippen LogP contribution in [0.25, 0.3) is 16.8 Å². The second-order valence-electron chi connectivity index (χ2n) is 17.5. The van der Waals surface area contributed by atoms with Gasteiger partial charge < -0.3 is 34.2 Å². The Hall–Kier alpha value is -6.93. The Balaban J connectivity index is 1.34. The number of allylic oxidation sites excluding steroid dienone is 1. The van der Waals surface area contributed by atoms with Crippen molar-refractivity contribution < 1.29 is 43.8 Å². The molecule has 2 aliphatic carbocycles. The monoisotopic (exact) mass is 919 g/mol. The van der Waals surface area contributed by atoms with E-state index < -0.39 is 22.7 Å². The number of unbranched alkanes of at least 4 members (excludes halogenated alkanes) is 2. The highest BCUT2D eigenvalue weighted by Crippen LogP contribution is 2.62. The third-order valence-electron chi connectivity index (χ3n) is 13.5. The van der Waals surface area contributed by atoms with Gasteiger partial charge in [0.15, 0.2) is 0 Å². The summed E-state index contributed by atoms with van der Waals surface area (Å²) in [6.07, 6.45) is 12.4. The standard InChI is InChI=1S/C55H57N3O10/c1-3-30-66-55-51(57(35-41-16-11-15-39-13-4-5-18-45(39)41)52(62)27-22-37-20-23-42(24-21-37)58(63)64)34-49(56-65-2)47-32-40(14-6-8-28-59)46(19-7-9-29-60)53(54(47)55)48-33-44(25-26-50(48)68-55)67-43-17-10-12-38(31-43)36-61/h3-5,10-13,15-18,20-27,31-33,36,40,46,51,53-54,59-60H,1,6-9,14,19,28-30,34-35H2,2H3/t40-,46+,51-,53+,54+,55+/m0/s1. The smallest absolute Gasteiger partial charge is 0.269 e. The number of nitro benzene ring substituents is 1. The second kappa shape index (κ2) is 21.8. The maximum Gasteiger partial charge on any atom is 0.269 e. The molecule has 5 aromatic rings. The van der Waals surface area contributed by atoms with Gasteiger partial charge in [-0.05, 0) is 114 Å². The number of ether oxygens (including phenoxy) is 3. The first-order chi connectivity index (χ1) is 33.2. The highest BCUT2D eigenvalue weighted by molar-refractivity contribution is 6.03. The topological polar surface area (TPSA) is 170 Å². The number of nitrogens with zero attached hydrogens (tertiary/aromatic N) is 3. The van der Waals surface area contributed by atoms with Crippen LogP contribution >= 0.6 is 0 Å². The van der Waals surface area contributed by atoms with Crippen LogP contribution in [0.3, 0.4) is 0 Å². The van der Waals surface area contributed by atoms with Crippen LogP contribution in [-0.4, -0.2) is 76.7 Å². The SMILES string of the molecule is C=CCO[C@@]12Oc3ccc(Oc4cccc(C=O)c4)cc3[C@H]3[C@H](CCCCO)[C@@H](CCCCO)C=C(C(=NOC)C[C@@H]1N(Cc1cccc4ccccc14)C(=O)C=Cc1ccc([N+](=O)[O-])cc1)[C@H]32. The second-order valence-corrected chi connectivity index (χ2v) is 17.5. The lowest BCUT2D eigenvalue weighted by Gasteiger charge is -2.60. The number of non-ortho nitro benzene ring substituents is 1. The first-order valence-corrected chi connectivity index (χ1v) is 23.3. The molecule has 0 saturated heterocycles. The Kier molecular flexibility index (Phi) is 15.2. The van der Waals surface area contributed by atoms with Gasteiger partial charge in [0.25, 0.3) is 5.69 Å². The number of hydrogen-bond acceptors (Lipinski definition) is 11. The van der Waals surface area contributed by atoms with E-state index >= 15 is 4.79 Å². The molecule has 1 saturated carbocycles. The fourth-order valence-corrected chi connectivity index (χ4v) is 10.5. The summed E-state index contributed by atoms with van der Waals surface area (Å²) >= 11 is 0. The van der Waals surface area contributed by atoms with Crippen LogP contribution in [0, 0.1) is 27.9 Å². The lowest BCUT2D eigenvalue weighted by atomic mass is 9.55. The number of fused-ring (bicyclic) bond motifs is 3. The quantitative estimate of drug-likeness (QED) is 0.0180. The molecule has 13 heteroatoms. The van der Waals surface area contributed by atoms with Gasteiger partial charge in [0.05, 0.1) is 23.2 Å². The van der Waals surface area contributed by atoms with Crippen LogP contribution in [0.4, 0.5) is 5.69 Å². The minimum absolute atomic E-state index is 0.0186. The molecule has 8 rings (SSSR count). The molecule has 0 unspecified atom stereocenters. The molecule has 0 aromatic heterocycles. The van der Waals surface area contributed by atoms with E-state index in [2.05, 4.69) is 12.7 Å². The maximum absolute atomic E-state index is 15.3. The molecule has 1 fully saturated rings. The zero-order valence-electron chi connectivity index (χ0n) is 38.2. The maximum atomic E-state index is 15.3. The first-order valence-electron chi connectivity index (χ1n) is 23.3. The van der Waals surface area contributed by atoms with Gasteiger partial charge in [0.2, 0.25) is 11.7 Å². The highest BCUT2D eigenvalue weighted by Gasteiger charge is 2.65. The Labute approximate surface area is 396 Å². The third kappa shape index (κ3) is 10.0. The van der Waals surface area contributed by atoms with E-state index in [9.17, 15) is 25.1 Å². The average molecular weight is 920 g/mol. The van der Waals surface area contributed by atoms with Gasteiger partial charge in [0.1, 0.15) is 36.7 Å². The Morgan fingerprint density at radius 2 is 1.68 bits per heavy atom. The fraction of sp³-hybridized carbons (Fsp3) is 0.327. The van der Waals surface area contributed by atoms with Crippen molar-refractivity contribution in [1.29, 1.82) is 0 Å². The summed E-state index contributed by atoms with van der Waals surface area (Å²) in [5.41, 5.74) is 4.33. The van der Waals surface area contributed by atoms with Crippen LogP contribution < -0.4 is 9.47 Å². The van der Waals surface area contributed by atoms with Crippen molar-refractivity contribution in [1.82, 2.24) is 4.90 Å². The minimum atomic E-state index is -1.53. The Morgan fingerprint density at radius 1 is 0.926 bits per heavy atom. The van der Waals surface area contributed by atoms with Crippen molar-refractivity contribution in [3.8, 4) is 17.2 Å². The minimum Gasteiger partial charge on any atom is -0.459 e. The fourth-order valence-electron chi connectivity index (χ4n) is 10.5. The molecule has 68 heavy (non-hydrogen) atoms. The van der Waals surface area contributed by atoms with Crippen molar-refractivity contribution in [3.05, 3.63) is 172 Å². The highest BCUT2D eigenvalue weighted by atomic mass is 16.7. The molecule has 13 nitrogen and oxygen atoms in total. The van der Waals surface area contributed by atoms with Crippen LogP contribution in [0.1, 0.15) is 77.9 Å². The van der Waals surface area contributed by atoms with Gasteiger partial charge in [-0.2, -0.15) is 0 Å². The molecule has 0 bridgehead atoms. The number of carbonyl (C=O) groups excluding carboxylic acids is 2. The van der Waals surface area contributed by atoms with E-state index in [1.807, 2.05) is 60.7 Å². The molecule has 1 aliphatic heterocycles. The number of aliphatic hydroxyl groups excluding tert-OH is 2. The molecule has 3 aliphatic rings. The van der Waals surface area contributed by atoms with Crippen LogP contribution in [0.15, 0.2) is 145 Å². The average Bonchev–Trinajstić information content (AvgIpc) is 3.36. The van der Waals surface area contributed by atoms with Gasteiger partial charge in [-0.1, -0.05) is 84.7 Å². The van der Waals surface area contributed by atoms with Crippen molar-refractivity contribution in [2.45, 2.75) is 69.2 Å². The Bertz CT molecular complexity index is 2710. The number of aldehydes is 1. The van der Waals surface area contributed by atoms with Crippen LogP contribution in [-0.2, 0) is 20.9 Å². The van der Waals surface area contributed by atoms with Crippen molar-refractivity contribution >= 4 is 40.4 Å². The van der Waals surface area contributed by atoms with Crippen molar-refractivity contribution in [2.75, 3.05) is 26.9 Å². The third-order valence-corrected chi connectivity index (χ3v) is 13.5. The number of hydrogen-bond donors (Lipinski definition) is 2. The summed E-state index contributed by atoms with van der Waals surface area (Å²) in [5.74, 6) is -1.16. The van der Waals surface area contributed by atoms with Gasteiger partial charge in [-0.15, -0.1) is 6.58 Å². The summed E-state index contributed by atoms with van der Waals surface area (Å²) in [5, 5.41) is 38.2. The molecule has 5 aromatic carbocycles. The molecule has 2 N–H and O–H groups in total. The largest absolute Gasteiger partial charge is 0.459 e. The van der Waals surface area contributed by atoms with E-state index in [1.165, 1.54) is 25.3 Å². The van der Waals surface area contributed by atoms with Crippen molar-refractivity contribution in [2.24, 2.45) is 22.9 Å². The predicted molar refractivity (Wildman–Crippen MR) is 260 cm³/mol. The number of oxime groups is 1. The van der Waals surface area contributed by atoms with Crippen LogP contribution in [0.2, 0.25) is 0 Å². The molecular formula is C55H57N3O10. The summed E-state index contributed by atoms with van der Waals surface area (Å²) in [4.78, 5) is 45.5. The van der Waals surface area contributed by atoms with Gasteiger partial charge in [-0.25, -0.2) is 0 Å². The van der Waals surface area contributed by atoms with Gasteiger partial charge in [-0.3, -0.25) is 19.7 Å². The van der Waals surface area contributed by atoms with E-state index in [-0.39, 0.29) is 62.1 Å². The summed E-state index contributed by atoms with van der Waals surface area (Å²) < 4.78 is 21.1. The number of benzene rings is 5. The first kappa shape index (κ1) is 47.6. The van der Waals surface area contributed by atoms with E-state index in [0.29, 0.717) is 46.9 Å². The van der Waals surface area contributed by atoms with Crippen molar-refractivity contribution in [3.63, 3.8) is 0 Å². The van der Waals surface area contributed by atoms with Crippen LogP contribution in [0.5, 0.6) is 17.2 Å². The molecule has 0 spiro atoms. The summed E-state index contributed by atoms with van der Waals surface area (Å²) in [6, 6.07) is 31.9. The van der Waals surface area contributed by atoms with E-state index in [4.69, 9.17) is 24.2 Å². The lowest BCUT2D eigenvalue weighted by molar-refractivity contribution is -0.384. The number of nitro groups is 1. The molecule has 0 radical (unpaired) electrons. The molecule has 6 atom stereocenters. The zero-order chi connectivity index (χ0) is 47.6. The number of rotatable bonds is 21. The van der Waals surface area contributed by atoms with Gasteiger partial charge in [0, 0.05) is 61.4 Å².